The summed E-state index contributed by atoms with van der Waals surface area (Å²) in [5, 5.41) is 11.6. The maximum Gasteiger partial charge on any atom is 0.408 e. The SMILES string of the molecule is CC(C)(C)OC(=O)N[C@@]1(C(=O)O)CCSC1. The van der Waals surface area contributed by atoms with Crippen molar-refractivity contribution in [2.45, 2.75) is 38.3 Å². The molecule has 5 nitrogen and oxygen atoms in total. The van der Waals surface area contributed by atoms with Crippen molar-refractivity contribution in [3.8, 4) is 0 Å². The molecule has 0 radical (unpaired) electrons. The Morgan fingerprint density at radius 1 is 1.44 bits per heavy atom. The van der Waals surface area contributed by atoms with E-state index >= 15 is 0 Å². The minimum Gasteiger partial charge on any atom is -0.479 e. The van der Waals surface area contributed by atoms with Crippen LogP contribution in [0, 0.1) is 0 Å². The zero-order valence-corrected chi connectivity index (χ0v) is 10.5. The predicted octanol–water partition coefficient (Wildman–Crippen LogP) is 1.47. The molecule has 0 aliphatic carbocycles. The van der Waals surface area contributed by atoms with Gasteiger partial charge in [0, 0.05) is 5.75 Å². The fourth-order valence-electron chi connectivity index (χ4n) is 1.38. The largest absolute Gasteiger partial charge is 0.479 e. The molecule has 92 valence electrons. The van der Waals surface area contributed by atoms with E-state index in [-0.39, 0.29) is 0 Å². The van der Waals surface area contributed by atoms with E-state index in [1.165, 1.54) is 11.8 Å². The van der Waals surface area contributed by atoms with Gasteiger partial charge in [0.25, 0.3) is 0 Å². The number of ether oxygens (including phenoxy) is 1. The minimum atomic E-state index is -1.16. The number of carbonyl (C=O) groups excluding carboxylic acids is 1. The number of nitrogens with one attached hydrogen (secondary N) is 1. The van der Waals surface area contributed by atoms with E-state index in [9.17, 15) is 9.59 Å². The van der Waals surface area contributed by atoms with Crippen LogP contribution in [0.5, 0.6) is 0 Å². The maximum atomic E-state index is 11.5. The normalized spacial score (nSPS) is 25.2. The van der Waals surface area contributed by atoms with Gasteiger partial charge < -0.3 is 15.2 Å². The third-order valence-electron chi connectivity index (χ3n) is 2.17. The van der Waals surface area contributed by atoms with E-state index in [0.29, 0.717) is 12.2 Å². The zero-order chi connectivity index (χ0) is 12.4. The summed E-state index contributed by atoms with van der Waals surface area (Å²) in [4.78, 5) is 22.7. The average Bonchev–Trinajstić information content (AvgIpc) is 2.49. The first-order valence-electron chi connectivity index (χ1n) is 5.07. The lowest BCUT2D eigenvalue weighted by Crippen LogP contribution is -2.55. The summed E-state index contributed by atoms with van der Waals surface area (Å²) >= 11 is 1.52. The monoisotopic (exact) mass is 247 g/mol. The number of hydrogen-bond donors (Lipinski definition) is 2. The second-order valence-electron chi connectivity index (χ2n) is 4.82. The van der Waals surface area contributed by atoms with Gasteiger partial charge in [0.15, 0.2) is 5.54 Å². The summed E-state index contributed by atoms with van der Waals surface area (Å²) in [5.74, 6) is 0.132. The molecule has 0 saturated carbocycles. The van der Waals surface area contributed by atoms with Gasteiger partial charge in [0.2, 0.25) is 0 Å². The molecule has 1 fully saturated rings. The average molecular weight is 247 g/mol. The van der Waals surface area contributed by atoms with Crippen LogP contribution in [0.4, 0.5) is 4.79 Å². The fourth-order valence-corrected chi connectivity index (χ4v) is 2.71. The van der Waals surface area contributed by atoms with Crippen molar-refractivity contribution in [1.29, 1.82) is 0 Å². The van der Waals surface area contributed by atoms with Gasteiger partial charge in [0.1, 0.15) is 5.60 Å². The summed E-state index contributed by atoms with van der Waals surface area (Å²) in [7, 11) is 0. The fraction of sp³-hybridized carbons (Fsp3) is 0.800. The van der Waals surface area contributed by atoms with Gasteiger partial charge in [-0.1, -0.05) is 0 Å². The Bertz CT molecular complexity index is 292. The lowest BCUT2D eigenvalue weighted by atomic mass is 10.00. The molecule has 0 aromatic carbocycles. The molecule has 0 bridgehead atoms. The van der Waals surface area contributed by atoms with Gasteiger partial charge >= 0.3 is 12.1 Å². The summed E-state index contributed by atoms with van der Waals surface area (Å²) < 4.78 is 5.05. The Hall–Kier alpha value is -0.910. The van der Waals surface area contributed by atoms with E-state index in [1.54, 1.807) is 20.8 Å². The molecule has 1 aliphatic rings. The molecule has 6 heteroatoms. The van der Waals surface area contributed by atoms with Crippen LogP contribution in [-0.4, -0.2) is 39.8 Å². The van der Waals surface area contributed by atoms with Crippen molar-refractivity contribution in [2.75, 3.05) is 11.5 Å². The Labute approximate surface area is 98.9 Å². The van der Waals surface area contributed by atoms with Crippen molar-refractivity contribution in [1.82, 2.24) is 5.32 Å². The minimum absolute atomic E-state index is 0.390. The highest BCUT2D eigenvalue weighted by Gasteiger charge is 2.44. The molecule has 0 spiro atoms. The van der Waals surface area contributed by atoms with Gasteiger partial charge in [-0.15, -0.1) is 0 Å². The smallest absolute Gasteiger partial charge is 0.408 e. The molecule has 16 heavy (non-hydrogen) atoms. The molecule has 1 aliphatic heterocycles. The number of alkyl carbamates (subject to hydrolysis) is 1. The van der Waals surface area contributed by atoms with Crippen molar-refractivity contribution in [3.05, 3.63) is 0 Å². The Kier molecular flexibility index (Phi) is 3.72. The first-order chi connectivity index (χ1) is 7.25. The molecule has 1 rings (SSSR count). The summed E-state index contributed by atoms with van der Waals surface area (Å²) in [6, 6.07) is 0. The highest BCUT2D eigenvalue weighted by atomic mass is 32.2. The third-order valence-corrected chi connectivity index (χ3v) is 3.36. The molecule has 2 N–H and O–H groups in total. The van der Waals surface area contributed by atoms with E-state index in [0.717, 1.165) is 5.75 Å². The van der Waals surface area contributed by atoms with Gasteiger partial charge in [0.05, 0.1) is 0 Å². The number of amides is 1. The molecule has 1 atom stereocenters. The zero-order valence-electron chi connectivity index (χ0n) is 9.70. The van der Waals surface area contributed by atoms with E-state index < -0.39 is 23.2 Å². The number of rotatable bonds is 2. The second-order valence-corrected chi connectivity index (χ2v) is 5.92. The molecule has 1 saturated heterocycles. The van der Waals surface area contributed by atoms with Gasteiger partial charge in [-0.05, 0) is 32.9 Å². The Morgan fingerprint density at radius 2 is 2.06 bits per heavy atom. The number of hydrogen-bond acceptors (Lipinski definition) is 4. The lowest BCUT2D eigenvalue weighted by molar-refractivity contribution is -0.143. The van der Waals surface area contributed by atoms with Crippen molar-refractivity contribution in [3.63, 3.8) is 0 Å². The van der Waals surface area contributed by atoms with Crippen molar-refractivity contribution < 1.29 is 19.4 Å². The van der Waals surface area contributed by atoms with E-state index in [4.69, 9.17) is 9.84 Å². The number of carboxylic acids is 1. The molecule has 1 amide bonds. The van der Waals surface area contributed by atoms with Gasteiger partial charge in [-0.3, -0.25) is 0 Å². The van der Waals surface area contributed by atoms with Crippen molar-refractivity contribution in [2.24, 2.45) is 0 Å². The highest BCUT2D eigenvalue weighted by molar-refractivity contribution is 7.99. The van der Waals surface area contributed by atoms with Crippen LogP contribution in [0.15, 0.2) is 0 Å². The quantitative estimate of drug-likeness (QED) is 0.773. The summed E-state index contributed by atoms with van der Waals surface area (Å²) in [6.45, 7) is 5.22. The van der Waals surface area contributed by atoms with Gasteiger partial charge in [-0.25, -0.2) is 9.59 Å². The molecule has 0 aromatic rings. The van der Waals surface area contributed by atoms with Crippen LogP contribution in [0.25, 0.3) is 0 Å². The van der Waals surface area contributed by atoms with Crippen LogP contribution in [0.3, 0.4) is 0 Å². The number of thioether (sulfide) groups is 1. The topological polar surface area (TPSA) is 75.6 Å². The summed E-state index contributed by atoms with van der Waals surface area (Å²) in [5.41, 5.74) is -1.78. The van der Waals surface area contributed by atoms with Crippen LogP contribution in [0.2, 0.25) is 0 Å². The molecule has 0 unspecified atom stereocenters. The second kappa shape index (κ2) is 4.53. The molecule has 0 aromatic heterocycles. The van der Waals surface area contributed by atoms with Crippen LogP contribution >= 0.6 is 11.8 Å². The molecular weight excluding hydrogens is 230 g/mol. The van der Waals surface area contributed by atoms with E-state index in [1.807, 2.05) is 0 Å². The van der Waals surface area contributed by atoms with Crippen LogP contribution in [0.1, 0.15) is 27.2 Å². The lowest BCUT2D eigenvalue weighted by Gasteiger charge is -2.27. The molecule has 1 heterocycles. The first kappa shape index (κ1) is 13.2. The number of aliphatic carboxylic acids is 1. The molecular formula is C10H17NO4S. The Morgan fingerprint density at radius 3 is 2.44 bits per heavy atom. The highest BCUT2D eigenvalue weighted by Crippen LogP contribution is 2.28. The van der Waals surface area contributed by atoms with E-state index in [2.05, 4.69) is 5.32 Å². The van der Waals surface area contributed by atoms with Crippen molar-refractivity contribution >= 4 is 23.8 Å². The predicted molar refractivity (Wildman–Crippen MR) is 61.7 cm³/mol. The Balaban J connectivity index is 2.63. The van der Waals surface area contributed by atoms with Crippen LogP contribution in [-0.2, 0) is 9.53 Å². The van der Waals surface area contributed by atoms with Crippen LogP contribution < -0.4 is 5.32 Å². The first-order valence-corrected chi connectivity index (χ1v) is 6.23. The summed E-state index contributed by atoms with van der Waals surface area (Å²) in [6.07, 6.45) is -0.232. The maximum absolute atomic E-state index is 11.5. The number of carboxylic acid groups (broad SMARTS) is 1. The third kappa shape index (κ3) is 3.30. The van der Waals surface area contributed by atoms with Gasteiger partial charge in [-0.2, -0.15) is 11.8 Å². The standard InChI is InChI=1S/C10H17NO4S/c1-9(2,3)15-8(14)11-10(7(12)13)4-5-16-6-10/h4-6H2,1-3H3,(H,11,14)(H,12,13)/t10-/m0/s1. The number of carbonyl (C=O) groups is 2.